The summed E-state index contributed by atoms with van der Waals surface area (Å²) < 4.78 is 73.2. The van der Waals surface area contributed by atoms with Crippen LogP contribution in [0.3, 0.4) is 0 Å². The fourth-order valence-electron chi connectivity index (χ4n) is 4.92. The number of hydrogen-bond donors (Lipinski definition) is 2. The lowest BCUT2D eigenvalue weighted by Gasteiger charge is -2.41. The molecule has 2 N–H and O–H groups in total. The summed E-state index contributed by atoms with van der Waals surface area (Å²) in [5, 5.41) is 5.85. The van der Waals surface area contributed by atoms with Crippen molar-refractivity contribution in [1.82, 2.24) is 20.2 Å². The molecule has 45 heavy (non-hydrogen) atoms. The van der Waals surface area contributed by atoms with E-state index in [4.69, 9.17) is 4.74 Å². The second kappa shape index (κ2) is 11.8. The maximum Gasteiger partial charge on any atom is 0.420 e. The van der Waals surface area contributed by atoms with E-state index in [2.05, 4.69) is 25.5 Å². The van der Waals surface area contributed by atoms with Crippen molar-refractivity contribution in [3.8, 4) is 10.6 Å². The van der Waals surface area contributed by atoms with Gasteiger partial charge in [0.2, 0.25) is 5.95 Å². The van der Waals surface area contributed by atoms with E-state index in [1.165, 1.54) is 11.9 Å². The van der Waals surface area contributed by atoms with E-state index in [9.17, 15) is 31.2 Å². The first-order chi connectivity index (χ1) is 20.9. The van der Waals surface area contributed by atoms with Crippen molar-refractivity contribution < 1.29 is 35.9 Å². The predicted molar refractivity (Wildman–Crippen MR) is 164 cm³/mol. The van der Waals surface area contributed by atoms with Crippen molar-refractivity contribution in [2.45, 2.75) is 56.8 Å². The lowest BCUT2D eigenvalue weighted by molar-refractivity contribution is -0.137. The summed E-state index contributed by atoms with van der Waals surface area (Å²) >= 11 is 0.661. The van der Waals surface area contributed by atoms with Gasteiger partial charge in [-0.15, -0.1) is 11.3 Å². The van der Waals surface area contributed by atoms with Crippen LogP contribution in [0.15, 0.2) is 35.4 Å². The Morgan fingerprint density at radius 1 is 1.18 bits per heavy atom. The van der Waals surface area contributed by atoms with Gasteiger partial charge >= 0.3 is 12.3 Å². The van der Waals surface area contributed by atoms with Crippen molar-refractivity contribution >= 4 is 50.5 Å². The Labute approximate surface area is 262 Å². The second-order valence-corrected chi connectivity index (χ2v) is 15.0. The fourth-order valence-corrected chi connectivity index (χ4v) is 7.95. The maximum absolute atomic E-state index is 14.1. The zero-order chi connectivity index (χ0) is 32.9. The summed E-state index contributed by atoms with van der Waals surface area (Å²) in [6.07, 6.45) is -4.08. The number of nitrogens with one attached hydrogen (secondary N) is 2. The maximum atomic E-state index is 14.1. The van der Waals surface area contributed by atoms with Gasteiger partial charge in [0, 0.05) is 44.3 Å². The molecule has 0 spiro atoms. The molecule has 1 aromatic carbocycles. The third-order valence-electron chi connectivity index (χ3n) is 7.28. The number of carbonyl (C=O) groups excluding carboxylic acids is 2. The van der Waals surface area contributed by atoms with Gasteiger partial charge in [-0.25, -0.2) is 23.2 Å². The third kappa shape index (κ3) is 7.01. The van der Waals surface area contributed by atoms with Crippen LogP contribution < -0.4 is 15.5 Å². The highest BCUT2D eigenvalue weighted by molar-refractivity contribution is 7.91. The van der Waals surface area contributed by atoms with Gasteiger partial charge in [0.15, 0.2) is 9.84 Å². The van der Waals surface area contributed by atoms with E-state index in [0.29, 0.717) is 42.7 Å². The Kier molecular flexibility index (Phi) is 8.50. The monoisotopic (exact) mass is 666 g/mol. The molecule has 0 aliphatic carbocycles. The number of alkyl carbamates (subject to hydrolysis) is 1. The SMILES string of the molecule is CCc1cc(N2CC(NC(=O)OC(C)(C)C)C2)ccc1Nc1ncc(C(F)(F)F)c(-c2cc3c(s2)C(=O)N(C)CCS3(=O)=O)n1. The Bertz CT molecular complexity index is 1750. The minimum atomic E-state index is -4.83. The van der Waals surface area contributed by atoms with Gasteiger partial charge in [-0.2, -0.15) is 13.2 Å². The molecule has 1 saturated heterocycles. The van der Waals surface area contributed by atoms with Crippen LogP contribution in [-0.2, 0) is 27.2 Å². The molecular formula is C29H33F3N6O5S2. The number of thiophene rings is 1. The third-order valence-corrected chi connectivity index (χ3v) is 10.3. The summed E-state index contributed by atoms with van der Waals surface area (Å²) in [6, 6.07) is 6.59. The van der Waals surface area contributed by atoms with Crippen LogP contribution in [0, 0.1) is 0 Å². The van der Waals surface area contributed by atoms with Gasteiger partial charge in [-0.1, -0.05) is 6.92 Å². The number of aromatic nitrogens is 2. The number of halogens is 3. The largest absolute Gasteiger partial charge is 0.444 e. The van der Waals surface area contributed by atoms with Crippen LogP contribution >= 0.6 is 11.3 Å². The lowest BCUT2D eigenvalue weighted by atomic mass is 10.0. The molecule has 0 radical (unpaired) electrons. The van der Waals surface area contributed by atoms with Gasteiger partial charge in [-0.05, 0) is 57.0 Å². The van der Waals surface area contributed by atoms with Crippen molar-refractivity contribution in [1.29, 1.82) is 0 Å². The number of amides is 2. The average Bonchev–Trinajstić information content (AvgIpc) is 3.36. The Morgan fingerprint density at radius 3 is 2.53 bits per heavy atom. The van der Waals surface area contributed by atoms with Crippen molar-refractivity contribution in [2.24, 2.45) is 0 Å². The molecule has 2 aliphatic rings. The van der Waals surface area contributed by atoms with Crippen LogP contribution in [0.2, 0.25) is 0 Å². The molecule has 16 heteroatoms. The van der Waals surface area contributed by atoms with E-state index in [-0.39, 0.29) is 38.9 Å². The molecule has 242 valence electrons. The van der Waals surface area contributed by atoms with Gasteiger partial charge in [0.1, 0.15) is 16.0 Å². The smallest absolute Gasteiger partial charge is 0.420 e. The molecule has 2 aliphatic heterocycles. The minimum absolute atomic E-state index is 0.0207. The van der Waals surface area contributed by atoms with E-state index in [1.807, 2.05) is 19.1 Å². The minimum Gasteiger partial charge on any atom is -0.444 e. The highest BCUT2D eigenvalue weighted by Gasteiger charge is 2.38. The number of hydrogen-bond acceptors (Lipinski definition) is 10. The Balaban J connectivity index is 1.39. The topological polar surface area (TPSA) is 134 Å². The summed E-state index contributed by atoms with van der Waals surface area (Å²) in [4.78, 5) is 35.7. The normalized spacial score (nSPS) is 16.9. The number of nitrogens with zero attached hydrogens (tertiary/aromatic N) is 4. The molecular weight excluding hydrogens is 633 g/mol. The van der Waals surface area contributed by atoms with E-state index >= 15 is 0 Å². The molecule has 11 nitrogen and oxygen atoms in total. The number of carbonyl (C=O) groups is 2. The highest BCUT2D eigenvalue weighted by atomic mass is 32.2. The molecule has 0 atom stereocenters. The summed E-state index contributed by atoms with van der Waals surface area (Å²) in [5.41, 5.74) is 0.0672. The lowest BCUT2D eigenvalue weighted by Crippen LogP contribution is -2.60. The number of sulfone groups is 1. The molecule has 2 aromatic heterocycles. The van der Waals surface area contributed by atoms with Gasteiger partial charge in [-0.3, -0.25) is 4.79 Å². The summed E-state index contributed by atoms with van der Waals surface area (Å²) in [5.74, 6) is -1.04. The molecule has 3 aromatic rings. The Morgan fingerprint density at radius 2 is 1.89 bits per heavy atom. The molecule has 0 bridgehead atoms. The number of rotatable bonds is 6. The van der Waals surface area contributed by atoms with Crippen LogP contribution in [0.5, 0.6) is 0 Å². The number of benzene rings is 1. The molecule has 0 unspecified atom stereocenters. The number of alkyl halides is 3. The van der Waals surface area contributed by atoms with E-state index in [1.54, 1.807) is 26.8 Å². The van der Waals surface area contributed by atoms with Crippen LogP contribution in [0.4, 0.5) is 35.3 Å². The molecule has 1 fully saturated rings. The average molecular weight is 667 g/mol. The van der Waals surface area contributed by atoms with Crippen LogP contribution in [0.25, 0.3) is 10.6 Å². The highest BCUT2D eigenvalue weighted by Crippen LogP contribution is 2.42. The van der Waals surface area contributed by atoms with Crippen LogP contribution in [0.1, 0.15) is 48.5 Å². The number of anilines is 3. The molecule has 2 amide bonds. The zero-order valence-corrected chi connectivity index (χ0v) is 26.9. The molecule has 5 rings (SSSR count). The number of ether oxygens (including phenoxy) is 1. The fraction of sp³-hybridized carbons (Fsp3) is 0.448. The second-order valence-electron chi connectivity index (χ2n) is 11.9. The van der Waals surface area contributed by atoms with Gasteiger partial charge in [0.05, 0.1) is 27.3 Å². The van der Waals surface area contributed by atoms with E-state index < -0.39 is 44.9 Å². The van der Waals surface area contributed by atoms with Gasteiger partial charge < -0.3 is 25.2 Å². The molecule has 4 heterocycles. The van der Waals surface area contributed by atoms with Crippen LogP contribution in [-0.4, -0.2) is 79.4 Å². The van der Waals surface area contributed by atoms with E-state index in [0.717, 1.165) is 17.3 Å². The van der Waals surface area contributed by atoms with Crippen molar-refractivity contribution in [3.63, 3.8) is 0 Å². The number of aryl methyl sites for hydroxylation is 1. The predicted octanol–water partition coefficient (Wildman–Crippen LogP) is 5.10. The zero-order valence-electron chi connectivity index (χ0n) is 25.3. The Hall–Kier alpha value is -3.92. The van der Waals surface area contributed by atoms with Crippen molar-refractivity contribution in [3.05, 3.63) is 46.5 Å². The first-order valence-corrected chi connectivity index (χ1v) is 16.6. The quantitative estimate of drug-likeness (QED) is 0.369. The standard InChI is InChI=1S/C29H33F3N6O5S2/c1-6-16-11-18(38-14-17(15-38)34-27(40)43-28(2,3)4)7-8-20(16)35-26-33-13-19(29(30,31)32)23(36-26)21-12-22-24(44-21)25(39)37(5)9-10-45(22,41)42/h7-8,11-13,17H,6,9-10,14-15H2,1-5H3,(H,34,40)(H,33,35,36). The first-order valence-electron chi connectivity index (χ1n) is 14.2. The summed E-state index contributed by atoms with van der Waals surface area (Å²) in [7, 11) is -2.45. The summed E-state index contributed by atoms with van der Waals surface area (Å²) in [6.45, 7) is 8.45. The van der Waals surface area contributed by atoms with Gasteiger partial charge in [0.25, 0.3) is 5.91 Å². The first kappa shape index (κ1) is 32.5. The number of fused-ring (bicyclic) bond motifs is 1. The molecule has 0 saturated carbocycles. The van der Waals surface area contributed by atoms with Crippen molar-refractivity contribution in [2.75, 3.05) is 42.7 Å².